The molecule has 2 unspecified atom stereocenters. The molecular formula is C32H39ClN2O3S2. The third-order valence-corrected chi connectivity index (χ3v) is 11.2. The van der Waals surface area contributed by atoms with Gasteiger partial charge in [0.1, 0.15) is 0 Å². The minimum Gasteiger partial charge on any atom is -0.481 e. The lowest BCUT2D eigenvalue weighted by molar-refractivity contribution is -0.147. The van der Waals surface area contributed by atoms with Crippen molar-refractivity contribution in [3.63, 3.8) is 0 Å². The molecule has 1 saturated carbocycles. The van der Waals surface area contributed by atoms with Crippen molar-refractivity contribution in [2.24, 2.45) is 11.3 Å². The smallest absolute Gasteiger partial charge is 0.309 e. The van der Waals surface area contributed by atoms with E-state index in [4.69, 9.17) is 11.6 Å². The summed E-state index contributed by atoms with van der Waals surface area (Å²) in [7, 11) is 0. The molecule has 2 aromatic carbocycles. The van der Waals surface area contributed by atoms with E-state index in [-0.39, 0.29) is 18.0 Å². The average molecular weight is 599 g/mol. The van der Waals surface area contributed by atoms with Crippen molar-refractivity contribution < 1.29 is 14.7 Å². The Labute approximate surface area is 251 Å². The number of hydrogen-bond acceptors (Lipinski definition) is 4. The molecule has 8 heteroatoms. The number of amides is 1. The van der Waals surface area contributed by atoms with E-state index in [1.807, 2.05) is 66.5 Å². The summed E-state index contributed by atoms with van der Waals surface area (Å²) in [6.07, 6.45) is 5.36. The van der Waals surface area contributed by atoms with Crippen LogP contribution < -0.4 is 0 Å². The van der Waals surface area contributed by atoms with Gasteiger partial charge in [0.15, 0.2) is 0 Å². The SMILES string of the molecule is CC(=O)N1CSCC1CSc1ccc2c(c1)c(CC1CCC1)c(C)n2C(CC(C)(C)C(=O)O)c1ccc(Cl)cc1. The topological polar surface area (TPSA) is 62.5 Å². The first-order valence-corrected chi connectivity index (χ1v) is 16.7. The number of benzene rings is 2. The fourth-order valence-electron chi connectivity index (χ4n) is 6.00. The van der Waals surface area contributed by atoms with E-state index >= 15 is 0 Å². The highest BCUT2D eigenvalue weighted by Gasteiger charge is 2.34. The first-order valence-electron chi connectivity index (χ1n) is 14.1. The summed E-state index contributed by atoms with van der Waals surface area (Å²) in [5.74, 6) is 2.72. The molecule has 1 aromatic heterocycles. The molecule has 0 radical (unpaired) electrons. The van der Waals surface area contributed by atoms with Crippen molar-refractivity contribution in [1.29, 1.82) is 0 Å². The van der Waals surface area contributed by atoms with Crippen LogP contribution in [0.5, 0.6) is 0 Å². The van der Waals surface area contributed by atoms with Crippen LogP contribution in [0.4, 0.5) is 0 Å². The monoisotopic (exact) mass is 598 g/mol. The van der Waals surface area contributed by atoms with Crippen LogP contribution in [-0.4, -0.2) is 49.9 Å². The Morgan fingerprint density at radius 2 is 1.90 bits per heavy atom. The van der Waals surface area contributed by atoms with E-state index in [1.54, 1.807) is 6.92 Å². The fourth-order valence-corrected chi connectivity index (χ4v) is 8.59. The van der Waals surface area contributed by atoms with E-state index in [1.165, 1.54) is 40.8 Å². The number of carboxylic acid groups (broad SMARTS) is 1. The first kappa shape index (κ1) is 29.4. The Bertz CT molecular complexity index is 1400. The Morgan fingerprint density at radius 1 is 1.18 bits per heavy atom. The highest BCUT2D eigenvalue weighted by Crippen LogP contribution is 2.42. The number of rotatable bonds is 10. The highest BCUT2D eigenvalue weighted by atomic mass is 35.5. The van der Waals surface area contributed by atoms with E-state index in [0.29, 0.717) is 17.4 Å². The Morgan fingerprint density at radius 3 is 2.52 bits per heavy atom. The quantitative estimate of drug-likeness (QED) is 0.239. The van der Waals surface area contributed by atoms with Crippen LogP contribution in [0.3, 0.4) is 0 Å². The summed E-state index contributed by atoms with van der Waals surface area (Å²) in [6.45, 7) is 7.50. The van der Waals surface area contributed by atoms with E-state index in [9.17, 15) is 14.7 Å². The maximum Gasteiger partial charge on any atom is 0.309 e. The van der Waals surface area contributed by atoms with Gasteiger partial charge in [0.25, 0.3) is 0 Å². The van der Waals surface area contributed by atoms with Crippen molar-refractivity contribution in [3.8, 4) is 0 Å². The molecule has 1 saturated heterocycles. The Balaban J connectivity index is 1.56. The zero-order valence-electron chi connectivity index (χ0n) is 23.8. The standard InChI is InChI=1S/C32H39ClN2O3S2/c1-20-27(14-22-6-5-7-22)28-15-26(40-18-25-17-39-19-34(25)21(2)36)12-13-29(28)35(20)30(16-32(3,4)31(37)38)23-8-10-24(33)11-9-23/h8-13,15,22,25,30H,5-7,14,16-19H2,1-4H3,(H,37,38). The van der Waals surface area contributed by atoms with Gasteiger partial charge in [0.05, 0.1) is 23.4 Å². The van der Waals surface area contributed by atoms with Crippen LogP contribution in [0.25, 0.3) is 10.9 Å². The van der Waals surface area contributed by atoms with Crippen molar-refractivity contribution >= 4 is 57.9 Å². The summed E-state index contributed by atoms with van der Waals surface area (Å²) in [6, 6.07) is 14.7. The maximum atomic E-state index is 12.3. The molecule has 0 bridgehead atoms. The van der Waals surface area contributed by atoms with Gasteiger partial charge in [-0.1, -0.05) is 43.0 Å². The summed E-state index contributed by atoms with van der Waals surface area (Å²) in [5.41, 5.74) is 3.92. The first-order chi connectivity index (χ1) is 19.0. The van der Waals surface area contributed by atoms with Crippen LogP contribution in [0, 0.1) is 18.3 Å². The van der Waals surface area contributed by atoms with Gasteiger partial charge >= 0.3 is 5.97 Å². The second-order valence-corrected chi connectivity index (χ2v) is 14.6. The van der Waals surface area contributed by atoms with Crippen molar-refractivity contribution in [1.82, 2.24) is 9.47 Å². The number of nitrogens with zero attached hydrogens (tertiary/aromatic N) is 2. The van der Waals surface area contributed by atoms with Crippen molar-refractivity contribution in [2.45, 2.75) is 76.8 Å². The molecule has 214 valence electrons. The summed E-state index contributed by atoms with van der Waals surface area (Å²) >= 11 is 9.90. The number of carbonyl (C=O) groups excluding carboxylic acids is 1. The number of carbonyl (C=O) groups is 2. The van der Waals surface area contributed by atoms with Crippen LogP contribution >= 0.6 is 35.1 Å². The summed E-state index contributed by atoms with van der Waals surface area (Å²) in [4.78, 5) is 27.5. The molecule has 1 aliphatic carbocycles. The predicted molar refractivity (Wildman–Crippen MR) is 168 cm³/mol. The van der Waals surface area contributed by atoms with E-state index in [2.05, 4.69) is 29.7 Å². The van der Waals surface area contributed by atoms with Gasteiger partial charge in [-0.25, -0.2) is 0 Å². The highest BCUT2D eigenvalue weighted by molar-refractivity contribution is 8.00. The van der Waals surface area contributed by atoms with Gasteiger partial charge < -0.3 is 14.6 Å². The van der Waals surface area contributed by atoms with E-state index < -0.39 is 11.4 Å². The molecule has 2 aliphatic rings. The summed E-state index contributed by atoms with van der Waals surface area (Å²) < 4.78 is 2.39. The Kier molecular flexibility index (Phi) is 8.84. The van der Waals surface area contributed by atoms with Crippen LogP contribution in [0.1, 0.15) is 69.3 Å². The third-order valence-electron chi connectivity index (χ3n) is 8.75. The lowest BCUT2D eigenvalue weighted by Gasteiger charge is -2.30. The molecule has 5 rings (SSSR count). The lowest BCUT2D eigenvalue weighted by atomic mass is 9.80. The van der Waals surface area contributed by atoms with Gasteiger partial charge in [0, 0.05) is 44.9 Å². The number of thioether (sulfide) groups is 2. The molecule has 1 N–H and O–H groups in total. The third kappa shape index (κ3) is 6.07. The molecule has 2 fully saturated rings. The number of hydrogen-bond donors (Lipinski definition) is 1. The largest absolute Gasteiger partial charge is 0.481 e. The number of carboxylic acids is 1. The van der Waals surface area contributed by atoms with Crippen molar-refractivity contribution in [2.75, 3.05) is 17.4 Å². The molecule has 1 amide bonds. The molecule has 2 heterocycles. The van der Waals surface area contributed by atoms with E-state index in [0.717, 1.165) is 34.9 Å². The molecule has 40 heavy (non-hydrogen) atoms. The minimum absolute atomic E-state index is 0.140. The zero-order chi connectivity index (χ0) is 28.6. The average Bonchev–Trinajstić information content (AvgIpc) is 3.46. The van der Waals surface area contributed by atoms with Gasteiger partial charge in [-0.3, -0.25) is 9.59 Å². The van der Waals surface area contributed by atoms with Gasteiger partial charge in [-0.05, 0) is 81.0 Å². The number of aliphatic carboxylic acids is 1. The predicted octanol–water partition coefficient (Wildman–Crippen LogP) is 8.05. The number of halogens is 1. The van der Waals surface area contributed by atoms with Crippen LogP contribution in [0.2, 0.25) is 5.02 Å². The molecule has 1 aliphatic heterocycles. The minimum atomic E-state index is -0.904. The summed E-state index contributed by atoms with van der Waals surface area (Å²) in [5, 5.41) is 12.0. The maximum absolute atomic E-state index is 12.3. The molecule has 0 spiro atoms. The van der Waals surface area contributed by atoms with Crippen LogP contribution in [-0.2, 0) is 16.0 Å². The fraction of sp³-hybridized carbons (Fsp3) is 0.500. The van der Waals surface area contributed by atoms with Gasteiger partial charge in [0.2, 0.25) is 5.91 Å². The van der Waals surface area contributed by atoms with Crippen molar-refractivity contribution in [3.05, 3.63) is 64.3 Å². The van der Waals surface area contributed by atoms with Gasteiger partial charge in [-0.15, -0.1) is 23.5 Å². The number of aromatic nitrogens is 1. The Hall–Kier alpha value is -2.09. The second-order valence-electron chi connectivity index (χ2n) is 12.0. The number of fused-ring (bicyclic) bond motifs is 1. The molecule has 5 nitrogen and oxygen atoms in total. The van der Waals surface area contributed by atoms with Gasteiger partial charge in [-0.2, -0.15) is 0 Å². The normalized spacial score (nSPS) is 18.7. The molecule has 2 atom stereocenters. The molecular weight excluding hydrogens is 560 g/mol. The molecule has 3 aromatic rings. The second kappa shape index (κ2) is 12.0. The van der Waals surface area contributed by atoms with Crippen LogP contribution in [0.15, 0.2) is 47.4 Å². The lowest BCUT2D eigenvalue weighted by Crippen LogP contribution is -2.36. The zero-order valence-corrected chi connectivity index (χ0v) is 26.2.